The lowest BCUT2D eigenvalue weighted by Crippen LogP contribution is -2.33. The summed E-state index contributed by atoms with van der Waals surface area (Å²) in [4.78, 5) is 0. The highest BCUT2D eigenvalue weighted by Gasteiger charge is 2.15. The smallest absolute Gasteiger partial charge is 0.0699 e. The van der Waals surface area contributed by atoms with E-state index in [1.807, 2.05) is 0 Å². The molecule has 0 radical (unpaired) electrons. The zero-order chi connectivity index (χ0) is 12.1. The molecule has 0 bridgehead atoms. The van der Waals surface area contributed by atoms with Crippen molar-refractivity contribution in [3.05, 3.63) is 35.4 Å². The van der Waals surface area contributed by atoms with Gasteiger partial charge in [0.1, 0.15) is 0 Å². The van der Waals surface area contributed by atoms with Crippen molar-refractivity contribution in [1.82, 2.24) is 5.32 Å². The molecule has 0 amide bonds. The van der Waals surface area contributed by atoms with Gasteiger partial charge < -0.3 is 10.1 Å². The fraction of sp³-hybridized carbons (Fsp3) is 0.600. The van der Waals surface area contributed by atoms with E-state index in [0.717, 1.165) is 13.2 Å². The Morgan fingerprint density at radius 1 is 1.35 bits per heavy atom. The van der Waals surface area contributed by atoms with Crippen LogP contribution in [0.3, 0.4) is 0 Å². The third kappa shape index (κ3) is 3.55. The molecule has 0 saturated carbocycles. The summed E-state index contributed by atoms with van der Waals surface area (Å²) in [5.74, 6) is 0. The maximum atomic E-state index is 5.73. The maximum absolute atomic E-state index is 5.73. The van der Waals surface area contributed by atoms with E-state index < -0.39 is 0 Å². The summed E-state index contributed by atoms with van der Waals surface area (Å²) in [6.07, 6.45) is 4.15. The Morgan fingerprint density at radius 2 is 2.18 bits per heavy atom. The average Bonchev–Trinajstić information content (AvgIpc) is 2.38. The van der Waals surface area contributed by atoms with Crippen LogP contribution >= 0.6 is 0 Å². The predicted octanol–water partition coefficient (Wildman–Crippen LogP) is 3.21. The fourth-order valence-electron chi connectivity index (χ4n) is 2.46. The molecule has 2 rings (SSSR count). The van der Waals surface area contributed by atoms with Crippen molar-refractivity contribution >= 4 is 0 Å². The summed E-state index contributed by atoms with van der Waals surface area (Å²) in [6.45, 7) is 6.30. The molecule has 1 aliphatic heterocycles. The monoisotopic (exact) mass is 233 g/mol. The Hall–Kier alpha value is -0.860. The largest absolute Gasteiger partial charge is 0.377 e. The molecule has 1 heterocycles. The van der Waals surface area contributed by atoms with E-state index in [4.69, 9.17) is 4.74 Å². The third-order valence-corrected chi connectivity index (χ3v) is 3.58. The molecule has 1 saturated heterocycles. The minimum atomic E-state index is 0.404. The molecule has 1 unspecified atom stereocenters. The van der Waals surface area contributed by atoms with Crippen LogP contribution in [0, 0.1) is 6.92 Å². The minimum absolute atomic E-state index is 0.404. The normalized spacial score (nSPS) is 22.4. The second kappa shape index (κ2) is 6.18. The summed E-state index contributed by atoms with van der Waals surface area (Å²) in [5.41, 5.74) is 2.75. The quantitative estimate of drug-likeness (QED) is 0.862. The van der Waals surface area contributed by atoms with Gasteiger partial charge in [-0.1, -0.05) is 24.3 Å². The number of aryl methyl sites for hydroxylation is 1. The molecule has 0 spiro atoms. The Labute approximate surface area is 104 Å². The standard InChI is InChI=1S/C15H23NO/c1-12-7-3-4-9-15(12)13(2)16-11-14-8-5-6-10-17-14/h3-4,7,9,13-14,16H,5-6,8,10-11H2,1-2H3/t13-,14?/m1/s1. The fourth-order valence-corrected chi connectivity index (χ4v) is 2.46. The molecular formula is C15H23NO. The molecule has 17 heavy (non-hydrogen) atoms. The SMILES string of the molecule is Cc1ccccc1[C@@H](C)NCC1CCCCO1. The highest BCUT2D eigenvalue weighted by molar-refractivity contribution is 5.28. The first kappa shape index (κ1) is 12.6. The van der Waals surface area contributed by atoms with Crippen molar-refractivity contribution in [2.75, 3.05) is 13.2 Å². The van der Waals surface area contributed by atoms with Gasteiger partial charge >= 0.3 is 0 Å². The van der Waals surface area contributed by atoms with Gasteiger partial charge in [-0.15, -0.1) is 0 Å². The highest BCUT2D eigenvalue weighted by Crippen LogP contribution is 2.18. The van der Waals surface area contributed by atoms with E-state index in [-0.39, 0.29) is 0 Å². The number of benzene rings is 1. The van der Waals surface area contributed by atoms with Crippen molar-refractivity contribution < 1.29 is 4.74 Å². The number of hydrogen-bond acceptors (Lipinski definition) is 2. The number of ether oxygens (including phenoxy) is 1. The molecule has 1 N–H and O–H groups in total. The predicted molar refractivity (Wildman–Crippen MR) is 71.2 cm³/mol. The molecule has 1 fully saturated rings. The molecule has 2 heteroatoms. The van der Waals surface area contributed by atoms with E-state index in [0.29, 0.717) is 12.1 Å². The van der Waals surface area contributed by atoms with Crippen LogP contribution in [0.4, 0.5) is 0 Å². The Balaban J connectivity index is 1.84. The minimum Gasteiger partial charge on any atom is -0.377 e. The lowest BCUT2D eigenvalue weighted by atomic mass is 10.0. The average molecular weight is 233 g/mol. The van der Waals surface area contributed by atoms with Crippen LogP contribution in [0.15, 0.2) is 24.3 Å². The van der Waals surface area contributed by atoms with Gasteiger partial charge in [-0.05, 0) is 44.2 Å². The van der Waals surface area contributed by atoms with Crippen molar-refractivity contribution in [2.45, 2.75) is 45.3 Å². The molecule has 94 valence electrons. The van der Waals surface area contributed by atoms with Gasteiger partial charge in [0.2, 0.25) is 0 Å². The topological polar surface area (TPSA) is 21.3 Å². The third-order valence-electron chi connectivity index (χ3n) is 3.58. The second-order valence-corrected chi connectivity index (χ2v) is 4.98. The van der Waals surface area contributed by atoms with Crippen molar-refractivity contribution in [3.63, 3.8) is 0 Å². The first-order valence-corrected chi connectivity index (χ1v) is 6.68. The van der Waals surface area contributed by atoms with Crippen LogP contribution in [0.5, 0.6) is 0 Å². The number of hydrogen-bond donors (Lipinski definition) is 1. The van der Waals surface area contributed by atoms with Gasteiger partial charge in [-0.3, -0.25) is 0 Å². The van der Waals surface area contributed by atoms with E-state index in [2.05, 4.69) is 43.4 Å². The zero-order valence-corrected chi connectivity index (χ0v) is 10.9. The first-order valence-electron chi connectivity index (χ1n) is 6.68. The van der Waals surface area contributed by atoms with Crippen molar-refractivity contribution in [1.29, 1.82) is 0 Å². The van der Waals surface area contributed by atoms with Crippen LogP contribution in [-0.2, 0) is 4.74 Å². The van der Waals surface area contributed by atoms with Crippen LogP contribution in [0.25, 0.3) is 0 Å². The zero-order valence-electron chi connectivity index (χ0n) is 10.9. The molecule has 2 nitrogen and oxygen atoms in total. The van der Waals surface area contributed by atoms with E-state index in [1.54, 1.807) is 0 Å². The molecule has 2 atom stereocenters. The molecule has 1 aromatic carbocycles. The second-order valence-electron chi connectivity index (χ2n) is 4.98. The van der Waals surface area contributed by atoms with Gasteiger partial charge in [0.15, 0.2) is 0 Å². The van der Waals surface area contributed by atoms with Crippen LogP contribution < -0.4 is 5.32 Å². The van der Waals surface area contributed by atoms with E-state index in [9.17, 15) is 0 Å². The summed E-state index contributed by atoms with van der Waals surface area (Å²) in [7, 11) is 0. The first-order chi connectivity index (χ1) is 8.27. The Morgan fingerprint density at radius 3 is 2.88 bits per heavy atom. The van der Waals surface area contributed by atoms with E-state index in [1.165, 1.54) is 30.4 Å². The van der Waals surface area contributed by atoms with Gasteiger partial charge in [0.05, 0.1) is 6.10 Å². The lowest BCUT2D eigenvalue weighted by Gasteiger charge is -2.25. The number of nitrogens with one attached hydrogen (secondary N) is 1. The van der Waals surface area contributed by atoms with Crippen LogP contribution in [0.1, 0.15) is 43.4 Å². The lowest BCUT2D eigenvalue weighted by molar-refractivity contribution is 0.0156. The summed E-state index contributed by atoms with van der Waals surface area (Å²) < 4.78 is 5.73. The maximum Gasteiger partial charge on any atom is 0.0699 e. The summed E-state index contributed by atoms with van der Waals surface area (Å²) in [6, 6.07) is 8.98. The highest BCUT2D eigenvalue weighted by atomic mass is 16.5. The Kier molecular flexibility index (Phi) is 4.57. The van der Waals surface area contributed by atoms with Crippen molar-refractivity contribution in [2.24, 2.45) is 0 Å². The van der Waals surface area contributed by atoms with Crippen LogP contribution in [0.2, 0.25) is 0 Å². The molecule has 1 aliphatic rings. The Bertz CT molecular complexity index is 345. The van der Waals surface area contributed by atoms with Crippen LogP contribution in [-0.4, -0.2) is 19.3 Å². The summed E-state index contributed by atoms with van der Waals surface area (Å²) in [5, 5.41) is 3.58. The van der Waals surface area contributed by atoms with Gasteiger partial charge in [-0.2, -0.15) is 0 Å². The molecular weight excluding hydrogens is 210 g/mol. The molecule has 0 aliphatic carbocycles. The van der Waals surface area contributed by atoms with E-state index >= 15 is 0 Å². The molecule has 0 aromatic heterocycles. The van der Waals surface area contributed by atoms with Gasteiger partial charge in [0, 0.05) is 19.2 Å². The van der Waals surface area contributed by atoms with Crippen molar-refractivity contribution in [3.8, 4) is 0 Å². The van der Waals surface area contributed by atoms with Gasteiger partial charge in [0.25, 0.3) is 0 Å². The van der Waals surface area contributed by atoms with Gasteiger partial charge in [-0.25, -0.2) is 0 Å². The number of rotatable bonds is 4. The molecule has 1 aromatic rings. The summed E-state index contributed by atoms with van der Waals surface area (Å²) >= 11 is 0.